The molecule has 32 heavy (non-hydrogen) atoms. The van der Waals surface area contributed by atoms with Crippen LogP contribution in [0.3, 0.4) is 0 Å². The molecule has 2 aromatic carbocycles. The minimum Gasteiger partial charge on any atom is -0.381 e. The highest BCUT2D eigenvalue weighted by molar-refractivity contribution is 5.77. The van der Waals surface area contributed by atoms with Gasteiger partial charge in [0.15, 0.2) is 0 Å². The number of carbonyl (C=O) groups excluding carboxylic acids is 1. The zero-order valence-corrected chi connectivity index (χ0v) is 18.9. The first kappa shape index (κ1) is 22.7. The number of anilines is 2. The second-order valence-corrected chi connectivity index (χ2v) is 8.86. The fourth-order valence-electron chi connectivity index (χ4n) is 4.27. The zero-order chi connectivity index (χ0) is 22.3. The Morgan fingerprint density at radius 1 is 1.00 bits per heavy atom. The lowest BCUT2D eigenvalue weighted by atomic mass is 9.92. The maximum Gasteiger partial charge on any atom is 0.260 e. The van der Waals surface area contributed by atoms with Gasteiger partial charge in [-0.1, -0.05) is 24.3 Å². The number of benzene rings is 2. The third kappa shape index (κ3) is 6.29. The Kier molecular flexibility index (Phi) is 7.76. The van der Waals surface area contributed by atoms with Crippen LogP contribution < -0.4 is 5.32 Å². The van der Waals surface area contributed by atoms with Gasteiger partial charge in [0.05, 0.1) is 13.1 Å². The van der Waals surface area contributed by atoms with Crippen molar-refractivity contribution in [2.75, 3.05) is 58.3 Å². The van der Waals surface area contributed by atoms with Gasteiger partial charge in [0.2, 0.25) is 0 Å². The molecule has 2 saturated heterocycles. The van der Waals surface area contributed by atoms with Crippen LogP contribution in [-0.4, -0.2) is 79.0 Å². The van der Waals surface area contributed by atoms with Gasteiger partial charge in [-0.3, -0.25) is 14.9 Å². The van der Waals surface area contributed by atoms with Crippen LogP contribution in [-0.2, 0) is 16.1 Å². The van der Waals surface area contributed by atoms with Crippen LogP contribution in [0.25, 0.3) is 0 Å². The van der Waals surface area contributed by atoms with Crippen molar-refractivity contribution in [2.24, 2.45) is 0 Å². The van der Waals surface area contributed by atoms with Crippen LogP contribution >= 0.6 is 0 Å². The summed E-state index contributed by atoms with van der Waals surface area (Å²) in [4.78, 5) is 16.7. The van der Waals surface area contributed by atoms with Crippen molar-refractivity contribution in [2.45, 2.75) is 25.3 Å². The van der Waals surface area contributed by atoms with Crippen molar-refractivity contribution in [3.8, 4) is 0 Å². The third-order valence-corrected chi connectivity index (χ3v) is 6.42. The van der Waals surface area contributed by atoms with Crippen LogP contribution in [0.4, 0.5) is 11.4 Å². The van der Waals surface area contributed by atoms with Crippen molar-refractivity contribution in [3.05, 3.63) is 59.7 Å². The van der Waals surface area contributed by atoms with Crippen molar-refractivity contribution < 1.29 is 14.7 Å². The van der Waals surface area contributed by atoms with Crippen molar-refractivity contribution in [1.29, 1.82) is 0 Å². The molecule has 0 unspecified atom stereocenters. The number of ether oxygens (including phenoxy) is 1. The summed E-state index contributed by atoms with van der Waals surface area (Å²) in [6, 6.07) is 16.4. The molecule has 4 rings (SSSR count). The van der Waals surface area contributed by atoms with E-state index in [2.05, 4.69) is 46.4 Å². The number of nitrogens with one attached hydrogen (secondary N) is 1. The molecule has 0 spiro atoms. The molecule has 0 atom stereocenters. The van der Waals surface area contributed by atoms with E-state index >= 15 is 0 Å². The Morgan fingerprint density at radius 2 is 1.59 bits per heavy atom. The van der Waals surface area contributed by atoms with E-state index in [0.717, 1.165) is 74.2 Å². The summed E-state index contributed by atoms with van der Waals surface area (Å²) in [7, 11) is 2.08. The molecule has 2 fully saturated rings. The van der Waals surface area contributed by atoms with E-state index in [0.29, 0.717) is 5.92 Å². The van der Waals surface area contributed by atoms with Crippen LogP contribution in [0.2, 0.25) is 0 Å². The molecule has 2 heterocycles. The average molecular weight is 439 g/mol. The second kappa shape index (κ2) is 10.9. The Hall–Kier alpha value is -2.45. The van der Waals surface area contributed by atoms with E-state index in [1.165, 1.54) is 5.56 Å². The first-order chi connectivity index (χ1) is 15.6. The number of nitrogens with zero attached hydrogens (tertiary/aromatic N) is 3. The van der Waals surface area contributed by atoms with E-state index < -0.39 is 0 Å². The third-order valence-electron chi connectivity index (χ3n) is 6.42. The molecule has 2 aliphatic rings. The number of hydrogen-bond acceptors (Lipinski definition) is 6. The summed E-state index contributed by atoms with van der Waals surface area (Å²) >= 11 is 0. The van der Waals surface area contributed by atoms with Crippen LogP contribution in [0.5, 0.6) is 0 Å². The zero-order valence-electron chi connectivity index (χ0n) is 18.9. The maximum absolute atomic E-state index is 12.3. The molecule has 7 nitrogen and oxygen atoms in total. The molecule has 172 valence electrons. The van der Waals surface area contributed by atoms with E-state index in [-0.39, 0.29) is 19.0 Å². The molecule has 2 aliphatic heterocycles. The quantitative estimate of drug-likeness (QED) is 0.511. The largest absolute Gasteiger partial charge is 0.381 e. The molecular weight excluding hydrogens is 404 g/mol. The van der Waals surface area contributed by atoms with Gasteiger partial charge in [0, 0.05) is 50.8 Å². The predicted octanol–water partition coefficient (Wildman–Crippen LogP) is 3.29. The smallest absolute Gasteiger partial charge is 0.260 e. The summed E-state index contributed by atoms with van der Waals surface area (Å²) in [6.07, 6.45) is 2.18. The Bertz CT molecular complexity index is 858. The van der Waals surface area contributed by atoms with Crippen LogP contribution in [0, 0.1) is 0 Å². The fraction of sp³-hybridized carbons (Fsp3) is 0.480. The molecule has 0 aromatic heterocycles. The highest BCUT2D eigenvalue weighted by atomic mass is 16.5. The van der Waals surface area contributed by atoms with Crippen molar-refractivity contribution in [3.63, 3.8) is 0 Å². The molecule has 2 aromatic rings. The van der Waals surface area contributed by atoms with E-state index in [4.69, 9.17) is 4.74 Å². The maximum atomic E-state index is 12.3. The standard InChI is InChI=1S/C25H34N4O3/c1-27-12-14-28(15-13-27)19-25(30)29(31)18-20-2-6-23(7-3-20)26-24-8-4-21(5-9-24)22-10-16-32-17-11-22/h2-9,22,26,31H,10-19H2,1H3. The van der Waals surface area contributed by atoms with E-state index in [1.54, 1.807) is 0 Å². The number of hydrogen-bond donors (Lipinski definition) is 2. The lowest BCUT2D eigenvalue weighted by Crippen LogP contribution is -2.48. The number of likely N-dealkylation sites (N-methyl/N-ethyl adjacent to an activating group) is 1. The van der Waals surface area contributed by atoms with Crippen molar-refractivity contribution in [1.82, 2.24) is 14.9 Å². The number of piperazine rings is 1. The fourth-order valence-corrected chi connectivity index (χ4v) is 4.27. The number of carbonyl (C=O) groups is 1. The van der Waals surface area contributed by atoms with Gasteiger partial charge in [-0.05, 0) is 61.2 Å². The molecule has 2 N–H and O–H groups in total. The van der Waals surface area contributed by atoms with Gasteiger partial charge >= 0.3 is 0 Å². The summed E-state index contributed by atoms with van der Waals surface area (Å²) < 4.78 is 5.45. The summed E-state index contributed by atoms with van der Waals surface area (Å²) in [5.41, 5.74) is 4.28. The topological polar surface area (TPSA) is 68.3 Å². The lowest BCUT2D eigenvalue weighted by molar-refractivity contribution is -0.169. The summed E-state index contributed by atoms with van der Waals surface area (Å²) in [6.45, 7) is 5.75. The van der Waals surface area contributed by atoms with Gasteiger partial charge < -0.3 is 15.0 Å². The van der Waals surface area contributed by atoms with Gasteiger partial charge in [-0.15, -0.1) is 0 Å². The highest BCUT2D eigenvalue weighted by Crippen LogP contribution is 2.28. The first-order valence-corrected chi connectivity index (χ1v) is 11.5. The molecule has 1 amide bonds. The molecule has 0 aliphatic carbocycles. The van der Waals surface area contributed by atoms with Gasteiger partial charge in [-0.2, -0.15) is 0 Å². The molecule has 0 radical (unpaired) electrons. The number of hydroxylamine groups is 2. The summed E-state index contributed by atoms with van der Waals surface area (Å²) in [5.74, 6) is 0.332. The highest BCUT2D eigenvalue weighted by Gasteiger charge is 2.20. The Balaban J connectivity index is 1.26. The lowest BCUT2D eigenvalue weighted by Gasteiger charge is -2.32. The van der Waals surface area contributed by atoms with Crippen LogP contribution in [0.1, 0.15) is 29.9 Å². The second-order valence-electron chi connectivity index (χ2n) is 8.86. The van der Waals surface area contributed by atoms with Crippen LogP contribution in [0.15, 0.2) is 48.5 Å². The van der Waals surface area contributed by atoms with Gasteiger partial charge in [-0.25, -0.2) is 5.06 Å². The van der Waals surface area contributed by atoms with Crippen molar-refractivity contribution >= 4 is 17.3 Å². The molecule has 0 bridgehead atoms. The van der Waals surface area contributed by atoms with E-state index in [9.17, 15) is 10.0 Å². The number of amides is 1. The first-order valence-electron chi connectivity index (χ1n) is 11.5. The Morgan fingerprint density at radius 3 is 2.22 bits per heavy atom. The average Bonchev–Trinajstić information content (AvgIpc) is 2.83. The molecule has 7 heteroatoms. The molecular formula is C25H34N4O3. The number of rotatable bonds is 7. The molecule has 0 saturated carbocycles. The SMILES string of the molecule is CN1CCN(CC(=O)N(O)Cc2ccc(Nc3ccc(C4CCOCC4)cc3)cc2)CC1. The minimum absolute atomic E-state index is 0.187. The van der Waals surface area contributed by atoms with Gasteiger partial charge in [0.1, 0.15) is 0 Å². The normalized spacial score (nSPS) is 18.4. The van der Waals surface area contributed by atoms with E-state index in [1.807, 2.05) is 24.3 Å². The summed E-state index contributed by atoms with van der Waals surface area (Å²) in [5, 5.41) is 14.5. The minimum atomic E-state index is -0.263. The van der Waals surface area contributed by atoms with Gasteiger partial charge in [0.25, 0.3) is 5.91 Å². The predicted molar refractivity (Wildman–Crippen MR) is 125 cm³/mol. The monoisotopic (exact) mass is 438 g/mol. The Labute approximate surface area is 190 Å².